The molecule has 1 aromatic heterocycles. The molecule has 0 aliphatic heterocycles. The van der Waals surface area contributed by atoms with Crippen LogP contribution in [0.2, 0.25) is 0 Å². The molecular weight excluding hydrogens is 264 g/mol. The lowest BCUT2D eigenvalue weighted by Crippen LogP contribution is -2.22. The molecular formula is C17H22N2O2. The van der Waals surface area contributed by atoms with E-state index < -0.39 is 0 Å². The Balaban J connectivity index is 2.48. The van der Waals surface area contributed by atoms with Crippen molar-refractivity contribution in [3.63, 3.8) is 0 Å². The molecule has 2 rings (SSSR count). The monoisotopic (exact) mass is 286 g/mol. The van der Waals surface area contributed by atoms with Crippen molar-refractivity contribution in [2.24, 2.45) is 0 Å². The fraction of sp³-hybridized carbons (Fsp3) is 0.353. The average molecular weight is 286 g/mol. The lowest BCUT2D eigenvalue weighted by molar-refractivity contribution is 0.354. The summed E-state index contributed by atoms with van der Waals surface area (Å²) in [6.07, 6.45) is 1.80. The lowest BCUT2D eigenvalue weighted by atomic mass is 10.0. The van der Waals surface area contributed by atoms with Crippen LogP contribution in [-0.2, 0) is 6.54 Å². The third-order valence-electron chi connectivity index (χ3n) is 3.25. The van der Waals surface area contributed by atoms with Gasteiger partial charge in [0.2, 0.25) is 0 Å². The maximum atomic E-state index is 5.41. The number of ether oxygens (including phenoxy) is 2. The Bertz CT molecular complexity index is 583. The molecule has 0 aliphatic rings. The fourth-order valence-electron chi connectivity index (χ4n) is 2.14. The Morgan fingerprint density at radius 1 is 1.10 bits per heavy atom. The summed E-state index contributed by atoms with van der Waals surface area (Å²) in [7, 11) is 3.30. The number of methoxy groups -OCH3 is 2. The van der Waals surface area contributed by atoms with Gasteiger partial charge in [0.25, 0.3) is 0 Å². The smallest absolute Gasteiger partial charge is 0.161 e. The summed E-state index contributed by atoms with van der Waals surface area (Å²) >= 11 is 0. The summed E-state index contributed by atoms with van der Waals surface area (Å²) in [5, 5.41) is 3.44. The number of nitrogens with zero attached hydrogens (tertiary/aromatic N) is 1. The minimum absolute atomic E-state index is 0.412. The van der Waals surface area contributed by atoms with Crippen LogP contribution in [0.1, 0.15) is 19.4 Å². The average Bonchev–Trinajstić information content (AvgIpc) is 2.52. The number of benzene rings is 1. The lowest BCUT2D eigenvalue weighted by Gasteiger charge is -2.16. The van der Waals surface area contributed by atoms with E-state index in [0.717, 1.165) is 29.1 Å². The van der Waals surface area contributed by atoms with Gasteiger partial charge in [-0.05, 0) is 29.8 Å². The van der Waals surface area contributed by atoms with Gasteiger partial charge in [0.15, 0.2) is 11.5 Å². The third-order valence-corrected chi connectivity index (χ3v) is 3.25. The summed E-state index contributed by atoms with van der Waals surface area (Å²) in [6, 6.07) is 10.3. The van der Waals surface area contributed by atoms with E-state index in [0.29, 0.717) is 11.8 Å². The number of aromatic nitrogens is 1. The Hall–Kier alpha value is -2.07. The number of pyridine rings is 1. The van der Waals surface area contributed by atoms with Crippen LogP contribution in [0, 0.1) is 0 Å². The van der Waals surface area contributed by atoms with E-state index in [-0.39, 0.29) is 0 Å². The van der Waals surface area contributed by atoms with Crippen molar-refractivity contribution < 1.29 is 9.47 Å². The van der Waals surface area contributed by atoms with Gasteiger partial charge in [0.05, 0.1) is 19.9 Å². The number of hydrogen-bond donors (Lipinski definition) is 1. The van der Waals surface area contributed by atoms with Crippen molar-refractivity contribution >= 4 is 0 Å². The van der Waals surface area contributed by atoms with E-state index in [1.807, 2.05) is 30.3 Å². The standard InChI is InChI=1S/C17H22N2O2/c1-12(2)19-11-13-9-16(20-3)17(21-4)10-14(13)15-7-5-6-8-18-15/h5-10,12,19H,11H2,1-4H3. The second-order valence-corrected chi connectivity index (χ2v) is 5.11. The molecule has 4 nitrogen and oxygen atoms in total. The van der Waals surface area contributed by atoms with Gasteiger partial charge in [-0.2, -0.15) is 0 Å². The molecule has 0 unspecified atom stereocenters. The molecule has 0 atom stereocenters. The number of hydrogen-bond acceptors (Lipinski definition) is 4. The van der Waals surface area contributed by atoms with E-state index in [1.54, 1.807) is 20.4 Å². The van der Waals surface area contributed by atoms with E-state index in [2.05, 4.69) is 24.1 Å². The van der Waals surface area contributed by atoms with Gasteiger partial charge in [-0.25, -0.2) is 0 Å². The van der Waals surface area contributed by atoms with Crippen molar-refractivity contribution in [2.75, 3.05) is 14.2 Å². The van der Waals surface area contributed by atoms with Gasteiger partial charge in [0.1, 0.15) is 0 Å². The first-order chi connectivity index (χ1) is 10.2. The van der Waals surface area contributed by atoms with Crippen molar-refractivity contribution in [3.05, 3.63) is 42.1 Å². The Morgan fingerprint density at radius 2 is 1.81 bits per heavy atom. The minimum atomic E-state index is 0.412. The second kappa shape index (κ2) is 7.09. The molecule has 0 bridgehead atoms. The second-order valence-electron chi connectivity index (χ2n) is 5.11. The predicted octanol–water partition coefficient (Wildman–Crippen LogP) is 3.26. The molecule has 2 aromatic rings. The van der Waals surface area contributed by atoms with Crippen LogP contribution in [0.4, 0.5) is 0 Å². The zero-order valence-electron chi connectivity index (χ0n) is 13.0. The van der Waals surface area contributed by atoms with E-state index in [4.69, 9.17) is 9.47 Å². The molecule has 0 saturated heterocycles. The molecule has 1 N–H and O–H groups in total. The quantitative estimate of drug-likeness (QED) is 0.885. The van der Waals surface area contributed by atoms with E-state index in [9.17, 15) is 0 Å². The SMILES string of the molecule is COc1cc(CNC(C)C)c(-c2ccccn2)cc1OC. The topological polar surface area (TPSA) is 43.4 Å². The van der Waals surface area contributed by atoms with Crippen LogP contribution in [0.5, 0.6) is 11.5 Å². The van der Waals surface area contributed by atoms with Gasteiger partial charge in [-0.15, -0.1) is 0 Å². The molecule has 4 heteroatoms. The highest BCUT2D eigenvalue weighted by Gasteiger charge is 2.13. The predicted molar refractivity (Wildman–Crippen MR) is 84.8 cm³/mol. The molecule has 1 heterocycles. The first-order valence-corrected chi connectivity index (χ1v) is 7.05. The van der Waals surface area contributed by atoms with Gasteiger partial charge in [0, 0.05) is 24.3 Å². The Labute approximate surface area is 126 Å². The van der Waals surface area contributed by atoms with Crippen LogP contribution in [-0.4, -0.2) is 25.2 Å². The summed E-state index contributed by atoms with van der Waals surface area (Å²) in [4.78, 5) is 4.44. The molecule has 1 aromatic carbocycles. The van der Waals surface area contributed by atoms with Crippen molar-refractivity contribution in [1.29, 1.82) is 0 Å². The first-order valence-electron chi connectivity index (χ1n) is 7.05. The molecule has 0 spiro atoms. The van der Waals surface area contributed by atoms with Gasteiger partial charge in [-0.3, -0.25) is 4.98 Å². The zero-order valence-corrected chi connectivity index (χ0v) is 13.0. The van der Waals surface area contributed by atoms with Crippen molar-refractivity contribution in [1.82, 2.24) is 10.3 Å². The van der Waals surface area contributed by atoms with Crippen LogP contribution >= 0.6 is 0 Å². The highest BCUT2D eigenvalue weighted by Crippen LogP contribution is 2.35. The third kappa shape index (κ3) is 3.73. The van der Waals surface area contributed by atoms with E-state index >= 15 is 0 Å². The fourth-order valence-corrected chi connectivity index (χ4v) is 2.14. The van der Waals surface area contributed by atoms with Gasteiger partial charge < -0.3 is 14.8 Å². The highest BCUT2D eigenvalue weighted by molar-refractivity contribution is 5.68. The van der Waals surface area contributed by atoms with Crippen LogP contribution in [0.15, 0.2) is 36.5 Å². The normalized spacial score (nSPS) is 10.7. The molecule has 21 heavy (non-hydrogen) atoms. The molecule has 0 saturated carbocycles. The summed E-state index contributed by atoms with van der Waals surface area (Å²) in [6.45, 7) is 5.01. The first kappa shape index (κ1) is 15.3. The van der Waals surface area contributed by atoms with Crippen LogP contribution < -0.4 is 14.8 Å². The molecule has 0 amide bonds. The molecule has 0 aliphatic carbocycles. The molecule has 112 valence electrons. The molecule has 0 radical (unpaired) electrons. The number of rotatable bonds is 6. The Kier molecular flexibility index (Phi) is 5.17. The summed E-state index contributed by atoms with van der Waals surface area (Å²) in [5.74, 6) is 1.45. The molecule has 0 fully saturated rings. The largest absolute Gasteiger partial charge is 0.493 e. The maximum Gasteiger partial charge on any atom is 0.161 e. The summed E-state index contributed by atoms with van der Waals surface area (Å²) in [5.41, 5.74) is 3.13. The highest BCUT2D eigenvalue weighted by atomic mass is 16.5. The van der Waals surface area contributed by atoms with Crippen LogP contribution in [0.3, 0.4) is 0 Å². The summed E-state index contributed by atoms with van der Waals surface area (Å²) < 4.78 is 10.8. The van der Waals surface area contributed by atoms with Crippen molar-refractivity contribution in [3.8, 4) is 22.8 Å². The van der Waals surface area contributed by atoms with Crippen molar-refractivity contribution in [2.45, 2.75) is 26.4 Å². The van der Waals surface area contributed by atoms with Gasteiger partial charge in [-0.1, -0.05) is 19.9 Å². The zero-order chi connectivity index (χ0) is 15.2. The number of nitrogens with one attached hydrogen (secondary N) is 1. The maximum absolute atomic E-state index is 5.41. The van der Waals surface area contributed by atoms with E-state index in [1.165, 1.54) is 0 Å². The minimum Gasteiger partial charge on any atom is -0.493 e. The van der Waals surface area contributed by atoms with Crippen LogP contribution in [0.25, 0.3) is 11.3 Å². The Morgan fingerprint density at radius 3 is 2.38 bits per heavy atom. The van der Waals surface area contributed by atoms with Gasteiger partial charge >= 0.3 is 0 Å².